The summed E-state index contributed by atoms with van der Waals surface area (Å²) >= 11 is 2.61. The van der Waals surface area contributed by atoms with E-state index < -0.39 is 5.54 Å². The van der Waals surface area contributed by atoms with E-state index in [2.05, 4.69) is 26.9 Å². The Morgan fingerprint density at radius 2 is 2.08 bits per heavy atom. The van der Waals surface area contributed by atoms with Crippen LogP contribution in [0, 0.1) is 23.1 Å². The lowest BCUT2D eigenvalue weighted by atomic mass is 9.90. The van der Waals surface area contributed by atoms with Gasteiger partial charge in [-0.25, -0.2) is 4.39 Å². The fourth-order valence-corrected chi connectivity index (χ4v) is 3.42. The van der Waals surface area contributed by atoms with Gasteiger partial charge in [0.1, 0.15) is 11.4 Å². The first-order valence-electron chi connectivity index (χ1n) is 7.99. The van der Waals surface area contributed by atoms with Gasteiger partial charge in [-0.3, -0.25) is 4.79 Å². The largest absolute Gasteiger partial charge is 0.356 e. The van der Waals surface area contributed by atoms with Gasteiger partial charge in [0, 0.05) is 6.54 Å². The molecule has 0 aliphatic heterocycles. The summed E-state index contributed by atoms with van der Waals surface area (Å²) in [5.41, 5.74) is 0.0420. The highest BCUT2D eigenvalue weighted by Crippen LogP contribution is 2.26. The van der Waals surface area contributed by atoms with Gasteiger partial charge in [-0.05, 0) is 30.5 Å². The summed E-state index contributed by atoms with van der Waals surface area (Å²) < 4.78 is 13.5. The molecule has 0 bridgehead atoms. The maximum atomic E-state index is 12.9. The predicted octanol–water partition coefficient (Wildman–Crippen LogP) is 3.44. The van der Waals surface area contributed by atoms with Crippen LogP contribution >= 0.6 is 23.1 Å². The normalized spacial score (nSPS) is 13.1. The Labute approximate surface area is 160 Å². The average Bonchev–Trinajstić information content (AvgIpc) is 3.07. The second-order valence-electron chi connectivity index (χ2n) is 6.16. The maximum absolute atomic E-state index is 12.9. The van der Waals surface area contributed by atoms with Crippen LogP contribution in [0.5, 0.6) is 0 Å². The molecule has 6 nitrogen and oxygen atoms in total. The number of anilines is 1. The van der Waals surface area contributed by atoms with E-state index in [1.807, 2.05) is 13.8 Å². The molecule has 1 atom stereocenters. The zero-order valence-corrected chi connectivity index (χ0v) is 16.4. The average molecular weight is 394 g/mol. The molecule has 2 rings (SSSR count). The van der Waals surface area contributed by atoms with E-state index in [-0.39, 0.29) is 23.4 Å². The molecule has 0 radical (unpaired) electrons. The van der Waals surface area contributed by atoms with E-state index in [0.29, 0.717) is 16.0 Å². The molecule has 26 heavy (non-hydrogen) atoms. The summed E-state index contributed by atoms with van der Waals surface area (Å²) in [5.74, 6) is -0.322. The van der Waals surface area contributed by atoms with Crippen LogP contribution in [-0.2, 0) is 11.3 Å². The zero-order valence-electron chi connectivity index (χ0n) is 14.7. The summed E-state index contributed by atoms with van der Waals surface area (Å²) in [6, 6.07) is 8.36. The molecule has 1 aromatic carbocycles. The molecule has 0 spiro atoms. The van der Waals surface area contributed by atoms with Crippen LogP contribution in [0.4, 0.5) is 9.52 Å². The fourth-order valence-electron chi connectivity index (χ4n) is 1.87. The molecule has 0 saturated heterocycles. The Bertz CT molecular complexity index is 787. The summed E-state index contributed by atoms with van der Waals surface area (Å²) in [5, 5.41) is 23.8. The van der Waals surface area contributed by atoms with Crippen molar-refractivity contribution in [2.45, 2.75) is 37.2 Å². The number of nitrogens with zero attached hydrogens (tertiary/aromatic N) is 3. The lowest BCUT2D eigenvalue weighted by Gasteiger charge is -2.27. The van der Waals surface area contributed by atoms with Crippen LogP contribution in [0.25, 0.3) is 0 Å². The van der Waals surface area contributed by atoms with Gasteiger partial charge in [-0.2, -0.15) is 5.26 Å². The Hall–Kier alpha value is -2.18. The van der Waals surface area contributed by atoms with Crippen LogP contribution in [-0.4, -0.2) is 27.4 Å². The van der Waals surface area contributed by atoms with Gasteiger partial charge in [0.2, 0.25) is 11.0 Å². The summed E-state index contributed by atoms with van der Waals surface area (Å²) in [4.78, 5) is 12.1. The summed E-state index contributed by atoms with van der Waals surface area (Å²) in [7, 11) is 0. The number of halogens is 1. The number of hydrogen-bond donors (Lipinski definition) is 2. The number of nitrogens with one attached hydrogen (secondary N) is 2. The van der Waals surface area contributed by atoms with Gasteiger partial charge >= 0.3 is 0 Å². The Balaban J connectivity index is 1.82. The number of aromatic nitrogens is 2. The van der Waals surface area contributed by atoms with Crippen LogP contribution in [0.15, 0.2) is 28.6 Å². The first kappa shape index (κ1) is 20.1. The molecular weight excluding hydrogens is 373 g/mol. The van der Waals surface area contributed by atoms with Crippen molar-refractivity contribution in [1.82, 2.24) is 15.5 Å². The van der Waals surface area contributed by atoms with Crippen molar-refractivity contribution >= 4 is 34.1 Å². The first-order chi connectivity index (χ1) is 12.3. The van der Waals surface area contributed by atoms with Crippen molar-refractivity contribution in [1.29, 1.82) is 5.26 Å². The quantitative estimate of drug-likeness (QED) is 0.668. The van der Waals surface area contributed by atoms with E-state index >= 15 is 0 Å². The van der Waals surface area contributed by atoms with Gasteiger partial charge in [-0.1, -0.05) is 49.1 Å². The van der Waals surface area contributed by atoms with E-state index in [4.69, 9.17) is 0 Å². The van der Waals surface area contributed by atoms with Crippen molar-refractivity contribution in [2.24, 2.45) is 5.92 Å². The molecule has 9 heteroatoms. The van der Waals surface area contributed by atoms with Crippen molar-refractivity contribution in [3.8, 4) is 6.07 Å². The number of carbonyl (C=O) groups is 1. The highest BCUT2D eigenvalue weighted by Gasteiger charge is 2.29. The molecule has 2 N–H and O–H groups in total. The Kier molecular flexibility index (Phi) is 6.94. The highest BCUT2D eigenvalue weighted by atomic mass is 32.2. The minimum absolute atomic E-state index is 0.00486. The molecule has 1 amide bonds. The van der Waals surface area contributed by atoms with Crippen molar-refractivity contribution in [3.63, 3.8) is 0 Å². The minimum atomic E-state index is -0.888. The molecule has 0 saturated carbocycles. The molecule has 1 unspecified atom stereocenters. The third-order valence-corrected chi connectivity index (χ3v) is 5.89. The van der Waals surface area contributed by atoms with Gasteiger partial charge < -0.3 is 10.6 Å². The third kappa shape index (κ3) is 5.68. The number of nitriles is 1. The van der Waals surface area contributed by atoms with E-state index in [1.165, 1.54) is 35.2 Å². The molecule has 0 fully saturated rings. The number of rotatable bonds is 8. The maximum Gasteiger partial charge on any atom is 0.231 e. The van der Waals surface area contributed by atoms with Gasteiger partial charge in [0.25, 0.3) is 0 Å². The predicted molar refractivity (Wildman–Crippen MR) is 101 cm³/mol. The minimum Gasteiger partial charge on any atom is -0.356 e. The molecule has 1 aromatic heterocycles. The smallest absolute Gasteiger partial charge is 0.231 e. The fraction of sp³-hybridized carbons (Fsp3) is 0.412. The molecule has 138 valence electrons. The van der Waals surface area contributed by atoms with Crippen molar-refractivity contribution in [3.05, 3.63) is 35.6 Å². The first-order valence-corrected chi connectivity index (χ1v) is 9.79. The number of carbonyl (C=O) groups excluding carboxylic acids is 1. The number of hydrogen-bond acceptors (Lipinski definition) is 7. The molecule has 2 aromatic rings. The van der Waals surface area contributed by atoms with Crippen molar-refractivity contribution < 1.29 is 9.18 Å². The summed E-state index contributed by atoms with van der Waals surface area (Å²) in [6.45, 7) is 6.00. The second-order valence-corrected chi connectivity index (χ2v) is 8.36. The highest BCUT2D eigenvalue weighted by molar-refractivity contribution is 8.01. The number of amides is 1. The molecular formula is C17H20FN5OS2. The van der Waals surface area contributed by atoms with E-state index in [1.54, 1.807) is 19.1 Å². The van der Waals surface area contributed by atoms with Gasteiger partial charge in [0.15, 0.2) is 4.34 Å². The molecule has 1 heterocycles. The van der Waals surface area contributed by atoms with Gasteiger partial charge in [-0.15, -0.1) is 10.2 Å². The molecule has 0 aliphatic rings. The van der Waals surface area contributed by atoms with E-state index in [9.17, 15) is 14.4 Å². The lowest BCUT2D eigenvalue weighted by Crippen LogP contribution is -2.49. The van der Waals surface area contributed by atoms with Crippen LogP contribution in [0.1, 0.15) is 26.3 Å². The zero-order chi connectivity index (χ0) is 19.2. The topological polar surface area (TPSA) is 90.7 Å². The third-order valence-electron chi connectivity index (χ3n) is 3.88. The van der Waals surface area contributed by atoms with Crippen LogP contribution in [0.2, 0.25) is 0 Å². The Morgan fingerprint density at radius 1 is 1.38 bits per heavy atom. The van der Waals surface area contributed by atoms with Crippen LogP contribution < -0.4 is 10.6 Å². The van der Waals surface area contributed by atoms with Crippen molar-refractivity contribution in [2.75, 3.05) is 11.1 Å². The second kappa shape index (κ2) is 8.96. The number of benzene rings is 1. The SMILES string of the molecule is CC(C)C(C)(C#N)NC(=O)CSc1nnc(NCc2ccc(F)cc2)s1. The monoisotopic (exact) mass is 393 g/mol. The van der Waals surface area contributed by atoms with Gasteiger partial charge in [0.05, 0.1) is 11.8 Å². The molecule has 0 aliphatic carbocycles. The summed E-state index contributed by atoms with van der Waals surface area (Å²) in [6.07, 6.45) is 0. The number of thioether (sulfide) groups is 1. The van der Waals surface area contributed by atoms with Crippen LogP contribution in [0.3, 0.4) is 0 Å². The standard InChI is InChI=1S/C17H20FN5OS2/c1-11(2)17(3,10-19)21-14(24)9-25-16-23-22-15(26-16)20-8-12-4-6-13(18)7-5-12/h4-7,11H,8-9H2,1-3H3,(H,20,22)(H,21,24). The lowest BCUT2D eigenvalue weighted by molar-refractivity contribution is -0.120. The Morgan fingerprint density at radius 3 is 2.69 bits per heavy atom. The van der Waals surface area contributed by atoms with E-state index in [0.717, 1.165) is 5.56 Å².